The van der Waals surface area contributed by atoms with Crippen LogP contribution in [0.1, 0.15) is 11.7 Å². The number of aliphatic hydroxyl groups is 1. The normalized spacial score (nSPS) is 16.2. The van der Waals surface area contributed by atoms with Crippen molar-refractivity contribution in [1.29, 1.82) is 0 Å². The largest absolute Gasteiger partial charge is 0.497 e. The minimum atomic E-state index is -0.566. The molecule has 1 atom stereocenters. The van der Waals surface area contributed by atoms with Crippen LogP contribution in [0.3, 0.4) is 0 Å². The number of amides is 1. The molecule has 0 spiro atoms. The molecule has 0 saturated carbocycles. The van der Waals surface area contributed by atoms with Crippen molar-refractivity contribution in [2.24, 2.45) is 0 Å². The van der Waals surface area contributed by atoms with Gasteiger partial charge in [0.25, 0.3) is 0 Å². The third-order valence-electron chi connectivity index (χ3n) is 4.51. The summed E-state index contributed by atoms with van der Waals surface area (Å²) in [6.45, 7) is 3.12. The van der Waals surface area contributed by atoms with E-state index < -0.39 is 6.10 Å². The molecule has 2 aromatic rings. The van der Waals surface area contributed by atoms with Crippen molar-refractivity contribution in [3.63, 3.8) is 0 Å². The first-order chi connectivity index (χ1) is 12.7. The Morgan fingerprint density at radius 1 is 1.00 bits per heavy atom. The number of carbonyl (C=O) groups excluding carboxylic acids is 1. The Labute approximate surface area is 153 Å². The highest BCUT2D eigenvalue weighted by Gasteiger charge is 2.24. The summed E-state index contributed by atoms with van der Waals surface area (Å²) < 4.78 is 10.5. The standard InChI is InChI=1S/C20H24N2O4/c1-25-17-9-7-16(8-10-17)19(23)15-21-11-13-22(14-12-21)20(24)26-18-5-3-2-4-6-18/h2-10,19,23H,11-15H2,1H3. The average molecular weight is 356 g/mol. The highest BCUT2D eigenvalue weighted by Crippen LogP contribution is 2.19. The van der Waals surface area contributed by atoms with Crippen molar-refractivity contribution in [2.45, 2.75) is 6.10 Å². The number of hydrogen-bond acceptors (Lipinski definition) is 5. The third-order valence-corrected chi connectivity index (χ3v) is 4.51. The fourth-order valence-electron chi connectivity index (χ4n) is 2.94. The van der Waals surface area contributed by atoms with Gasteiger partial charge in [0.05, 0.1) is 13.2 Å². The average Bonchev–Trinajstić information content (AvgIpc) is 2.69. The molecule has 1 amide bonds. The number of piperazine rings is 1. The van der Waals surface area contributed by atoms with Crippen LogP contribution < -0.4 is 9.47 Å². The molecule has 2 aromatic carbocycles. The van der Waals surface area contributed by atoms with Crippen molar-refractivity contribution in [1.82, 2.24) is 9.80 Å². The number of benzene rings is 2. The Morgan fingerprint density at radius 3 is 2.27 bits per heavy atom. The molecule has 0 aliphatic carbocycles. The zero-order valence-electron chi connectivity index (χ0n) is 14.9. The smallest absolute Gasteiger partial charge is 0.415 e. The van der Waals surface area contributed by atoms with Gasteiger partial charge >= 0.3 is 6.09 Å². The van der Waals surface area contributed by atoms with Gasteiger partial charge in [-0.15, -0.1) is 0 Å². The molecule has 1 heterocycles. The fraction of sp³-hybridized carbons (Fsp3) is 0.350. The van der Waals surface area contributed by atoms with Gasteiger partial charge in [-0.05, 0) is 29.8 Å². The summed E-state index contributed by atoms with van der Waals surface area (Å²) in [6.07, 6.45) is -0.893. The molecule has 1 aliphatic rings. The maximum absolute atomic E-state index is 12.2. The molecular weight excluding hydrogens is 332 g/mol. The molecule has 1 fully saturated rings. The Balaban J connectivity index is 1.46. The Hall–Kier alpha value is -2.57. The van der Waals surface area contributed by atoms with Crippen LogP contribution in [0, 0.1) is 0 Å². The molecule has 1 N–H and O–H groups in total. The number of ether oxygens (including phenoxy) is 2. The van der Waals surface area contributed by atoms with E-state index in [9.17, 15) is 9.90 Å². The van der Waals surface area contributed by atoms with Crippen molar-refractivity contribution in [3.8, 4) is 11.5 Å². The van der Waals surface area contributed by atoms with E-state index in [0.29, 0.717) is 38.5 Å². The molecule has 1 unspecified atom stereocenters. The summed E-state index contributed by atoms with van der Waals surface area (Å²) >= 11 is 0. The molecule has 6 nitrogen and oxygen atoms in total. The van der Waals surface area contributed by atoms with Crippen LogP contribution in [-0.2, 0) is 0 Å². The highest BCUT2D eigenvalue weighted by atomic mass is 16.6. The first-order valence-electron chi connectivity index (χ1n) is 8.72. The predicted octanol–water partition coefficient (Wildman–Crippen LogP) is 2.55. The molecule has 26 heavy (non-hydrogen) atoms. The molecule has 1 saturated heterocycles. The van der Waals surface area contributed by atoms with Crippen molar-refractivity contribution < 1.29 is 19.4 Å². The van der Waals surface area contributed by atoms with E-state index in [4.69, 9.17) is 9.47 Å². The highest BCUT2D eigenvalue weighted by molar-refractivity contribution is 5.70. The lowest BCUT2D eigenvalue weighted by Gasteiger charge is -2.35. The van der Waals surface area contributed by atoms with Gasteiger partial charge < -0.3 is 19.5 Å². The monoisotopic (exact) mass is 356 g/mol. The second kappa shape index (κ2) is 8.69. The lowest BCUT2D eigenvalue weighted by Crippen LogP contribution is -2.50. The number of hydrogen-bond donors (Lipinski definition) is 1. The Bertz CT molecular complexity index is 698. The van der Waals surface area contributed by atoms with E-state index in [-0.39, 0.29) is 6.09 Å². The van der Waals surface area contributed by atoms with Gasteiger partial charge in [0.15, 0.2) is 0 Å². The Morgan fingerprint density at radius 2 is 1.65 bits per heavy atom. The van der Waals surface area contributed by atoms with E-state index in [2.05, 4.69) is 4.90 Å². The number of para-hydroxylation sites is 1. The number of aliphatic hydroxyl groups excluding tert-OH is 1. The quantitative estimate of drug-likeness (QED) is 0.892. The molecule has 3 rings (SSSR count). The second-order valence-corrected chi connectivity index (χ2v) is 6.26. The van der Waals surface area contributed by atoms with Gasteiger partial charge in [-0.1, -0.05) is 30.3 Å². The van der Waals surface area contributed by atoms with Gasteiger partial charge in [0.1, 0.15) is 11.5 Å². The van der Waals surface area contributed by atoms with Crippen LogP contribution in [0.25, 0.3) is 0 Å². The number of rotatable bonds is 5. The molecule has 138 valence electrons. The number of β-amino-alcohol motifs (C(OH)–C–C–N with tert-alkyl or cyclic N) is 1. The fourth-order valence-corrected chi connectivity index (χ4v) is 2.94. The topological polar surface area (TPSA) is 62.2 Å². The molecular formula is C20H24N2O4. The van der Waals surface area contributed by atoms with E-state index in [1.165, 1.54) is 0 Å². The van der Waals surface area contributed by atoms with E-state index in [1.54, 1.807) is 24.1 Å². The first-order valence-corrected chi connectivity index (χ1v) is 8.72. The molecule has 1 aliphatic heterocycles. The summed E-state index contributed by atoms with van der Waals surface area (Å²) in [4.78, 5) is 16.1. The zero-order chi connectivity index (χ0) is 18.4. The van der Waals surface area contributed by atoms with Crippen LogP contribution in [0.2, 0.25) is 0 Å². The second-order valence-electron chi connectivity index (χ2n) is 6.26. The van der Waals surface area contributed by atoms with Crippen LogP contribution in [-0.4, -0.2) is 60.8 Å². The lowest BCUT2D eigenvalue weighted by molar-refractivity contribution is 0.0717. The van der Waals surface area contributed by atoms with Gasteiger partial charge in [-0.25, -0.2) is 4.79 Å². The zero-order valence-corrected chi connectivity index (χ0v) is 14.9. The summed E-state index contributed by atoms with van der Waals surface area (Å²) in [5, 5.41) is 10.4. The van der Waals surface area contributed by atoms with E-state index in [0.717, 1.165) is 11.3 Å². The third kappa shape index (κ3) is 4.74. The SMILES string of the molecule is COc1ccc(C(O)CN2CCN(C(=O)Oc3ccccc3)CC2)cc1. The molecule has 0 radical (unpaired) electrons. The molecule has 0 aromatic heterocycles. The summed E-state index contributed by atoms with van der Waals surface area (Å²) in [7, 11) is 1.62. The van der Waals surface area contributed by atoms with Gasteiger partial charge in [0.2, 0.25) is 0 Å². The summed E-state index contributed by atoms with van der Waals surface area (Å²) in [6, 6.07) is 16.5. The van der Waals surface area contributed by atoms with Gasteiger partial charge in [0, 0.05) is 32.7 Å². The number of methoxy groups -OCH3 is 1. The minimum absolute atomic E-state index is 0.327. The number of nitrogens with zero attached hydrogens (tertiary/aromatic N) is 2. The van der Waals surface area contributed by atoms with Crippen LogP contribution in [0.15, 0.2) is 54.6 Å². The van der Waals surface area contributed by atoms with E-state index in [1.807, 2.05) is 42.5 Å². The number of carbonyl (C=O) groups is 1. The van der Waals surface area contributed by atoms with Crippen LogP contribution >= 0.6 is 0 Å². The van der Waals surface area contributed by atoms with Crippen LogP contribution in [0.4, 0.5) is 4.79 Å². The lowest BCUT2D eigenvalue weighted by atomic mass is 10.1. The first kappa shape index (κ1) is 18.2. The summed E-state index contributed by atoms with van der Waals surface area (Å²) in [5.74, 6) is 1.32. The van der Waals surface area contributed by atoms with Gasteiger partial charge in [-0.3, -0.25) is 4.90 Å². The molecule has 6 heteroatoms. The van der Waals surface area contributed by atoms with Gasteiger partial charge in [-0.2, -0.15) is 0 Å². The maximum atomic E-state index is 12.2. The predicted molar refractivity (Wildman–Crippen MR) is 98.4 cm³/mol. The van der Waals surface area contributed by atoms with Crippen LogP contribution in [0.5, 0.6) is 11.5 Å². The molecule has 0 bridgehead atoms. The Kier molecular flexibility index (Phi) is 6.09. The minimum Gasteiger partial charge on any atom is -0.497 e. The van der Waals surface area contributed by atoms with Crippen molar-refractivity contribution >= 4 is 6.09 Å². The van der Waals surface area contributed by atoms with Crippen molar-refractivity contribution in [3.05, 3.63) is 60.2 Å². The maximum Gasteiger partial charge on any atom is 0.415 e. The van der Waals surface area contributed by atoms with Crippen molar-refractivity contribution in [2.75, 3.05) is 39.8 Å². The van der Waals surface area contributed by atoms with E-state index >= 15 is 0 Å². The summed E-state index contributed by atoms with van der Waals surface area (Å²) in [5.41, 5.74) is 0.858.